The van der Waals surface area contributed by atoms with E-state index in [0.717, 1.165) is 70.7 Å². The predicted octanol–water partition coefficient (Wildman–Crippen LogP) is 8.98. The smallest absolute Gasteiger partial charge is 0.260 e. The standard InChI is InChI=1S/C54H57N5O7S/c1-32(2)11-10-16-57-51(60)26-50(54(57)63)67-31-36-19-34(29-65-47-24-43-41(17-33(47)3)52(61)58-39(27-55-43)21-37-12-6-8-14-44(37)58)18-35(20-36)30-66-49-25-46-42(23-48(49)64-5)53(62)59-40(28-56(46)4)22-38-13-7-9-15-45(38)59/h6-9,12-15,17-20,23-25,32,39-40,50,55H,10-11,16,21-22,26-31H2,1-5H3/t39-,40-,50?/m0/s1. The molecule has 5 aromatic rings. The quantitative estimate of drug-likeness (QED) is 0.108. The van der Waals surface area contributed by atoms with Crippen molar-refractivity contribution in [2.45, 2.75) is 89.2 Å². The van der Waals surface area contributed by atoms with E-state index < -0.39 is 5.25 Å². The third-order valence-electron chi connectivity index (χ3n) is 13.8. The summed E-state index contributed by atoms with van der Waals surface area (Å²) in [6.45, 7) is 8.43. The molecule has 5 aromatic carbocycles. The van der Waals surface area contributed by atoms with E-state index in [2.05, 4.69) is 54.4 Å². The van der Waals surface area contributed by atoms with Crippen LogP contribution < -0.4 is 34.2 Å². The Bertz CT molecular complexity index is 2790. The van der Waals surface area contributed by atoms with Crippen LogP contribution in [0.25, 0.3) is 0 Å². The van der Waals surface area contributed by atoms with Crippen LogP contribution in [0.3, 0.4) is 0 Å². The number of nitrogens with one attached hydrogen (secondary N) is 1. The molecule has 1 fully saturated rings. The fraction of sp³-hybridized carbons (Fsp3) is 0.370. The Kier molecular flexibility index (Phi) is 12.1. The number of benzene rings is 5. The molecule has 0 bridgehead atoms. The Labute approximate surface area is 396 Å². The molecular formula is C54H57N5O7S. The molecule has 0 spiro atoms. The van der Waals surface area contributed by atoms with E-state index in [1.807, 2.05) is 78.4 Å². The molecule has 3 atom stereocenters. The monoisotopic (exact) mass is 919 g/mol. The summed E-state index contributed by atoms with van der Waals surface area (Å²) < 4.78 is 19.0. The summed E-state index contributed by atoms with van der Waals surface area (Å²) >= 11 is 1.49. The SMILES string of the molecule is COc1cc2c(cc1OCc1cc(COc3cc4c(cc3C)C(=O)N3c5ccccc5C[C@H]3CN4)cc(CSC3CC(=O)N(CCCC(C)C)C3=O)c1)N(C)C[C@@H]1Cc3ccccc3N1C2=O. The number of para-hydroxylation sites is 2. The number of likely N-dealkylation sites (N-methyl/N-ethyl adjacent to an activating group) is 1. The highest BCUT2D eigenvalue weighted by molar-refractivity contribution is 7.99. The van der Waals surface area contributed by atoms with Gasteiger partial charge in [-0.3, -0.25) is 24.1 Å². The van der Waals surface area contributed by atoms with Gasteiger partial charge in [-0.1, -0.05) is 62.4 Å². The van der Waals surface area contributed by atoms with E-state index in [4.69, 9.17) is 14.2 Å². The molecule has 5 aliphatic rings. The first kappa shape index (κ1) is 44.4. The number of thioether (sulfide) groups is 1. The lowest BCUT2D eigenvalue weighted by Crippen LogP contribution is -2.41. The lowest BCUT2D eigenvalue weighted by atomic mass is 10.1. The molecule has 0 radical (unpaired) electrons. The Morgan fingerprint density at radius 2 is 1.36 bits per heavy atom. The maximum Gasteiger partial charge on any atom is 0.260 e. The summed E-state index contributed by atoms with van der Waals surface area (Å²) in [5.74, 6) is 2.36. The number of carbonyl (C=O) groups excluding carboxylic acids is 4. The zero-order valence-electron chi connectivity index (χ0n) is 38.8. The molecule has 1 saturated heterocycles. The number of likely N-dealkylation sites (tertiary alicyclic amines) is 1. The molecule has 0 aromatic heterocycles. The minimum absolute atomic E-state index is 0.00808. The van der Waals surface area contributed by atoms with Crippen molar-refractivity contribution in [3.8, 4) is 17.2 Å². The first-order valence-electron chi connectivity index (χ1n) is 23.4. The highest BCUT2D eigenvalue weighted by atomic mass is 32.2. The summed E-state index contributed by atoms with van der Waals surface area (Å²) in [6.07, 6.45) is 3.56. The van der Waals surface area contributed by atoms with E-state index in [-0.39, 0.29) is 55.3 Å². The molecule has 1 N–H and O–H groups in total. The number of imide groups is 1. The topological polar surface area (TPSA) is 121 Å². The largest absolute Gasteiger partial charge is 0.493 e. The molecular weight excluding hydrogens is 863 g/mol. The molecule has 0 saturated carbocycles. The minimum atomic E-state index is -0.444. The van der Waals surface area contributed by atoms with Gasteiger partial charge in [0.25, 0.3) is 11.8 Å². The highest BCUT2D eigenvalue weighted by Crippen LogP contribution is 2.43. The normalized spacial score (nSPS) is 19.3. The van der Waals surface area contributed by atoms with Gasteiger partial charge in [-0.15, -0.1) is 11.8 Å². The third-order valence-corrected chi connectivity index (χ3v) is 15.1. The van der Waals surface area contributed by atoms with Crippen LogP contribution in [0.5, 0.6) is 17.2 Å². The summed E-state index contributed by atoms with van der Waals surface area (Å²) in [7, 11) is 3.59. The molecule has 346 valence electrons. The molecule has 67 heavy (non-hydrogen) atoms. The van der Waals surface area contributed by atoms with Gasteiger partial charge in [0.05, 0.1) is 46.9 Å². The molecule has 0 aliphatic carbocycles. The fourth-order valence-electron chi connectivity index (χ4n) is 10.4. The summed E-state index contributed by atoms with van der Waals surface area (Å²) in [4.78, 5) is 62.2. The van der Waals surface area contributed by atoms with Crippen LogP contribution in [-0.2, 0) is 41.4 Å². The predicted molar refractivity (Wildman–Crippen MR) is 263 cm³/mol. The molecule has 13 heteroatoms. The third kappa shape index (κ3) is 8.58. The van der Waals surface area contributed by atoms with Crippen molar-refractivity contribution < 1.29 is 33.4 Å². The van der Waals surface area contributed by atoms with Gasteiger partial charge in [0.1, 0.15) is 19.0 Å². The van der Waals surface area contributed by atoms with Crippen LogP contribution in [0.2, 0.25) is 0 Å². The average molecular weight is 920 g/mol. The maximum absolute atomic E-state index is 14.2. The molecule has 5 heterocycles. The van der Waals surface area contributed by atoms with Gasteiger partial charge < -0.3 is 34.2 Å². The summed E-state index contributed by atoms with van der Waals surface area (Å²) in [6, 6.07) is 30.0. The van der Waals surface area contributed by atoms with Crippen molar-refractivity contribution in [1.82, 2.24) is 4.90 Å². The van der Waals surface area contributed by atoms with Gasteiger partial charge in [-0.05, 0) is 102 Å². The first-order valence-corrected chi connectivity index (χ1v) is 24.5. The van der Waals surface area contributed by atoms with E-state index >= 15 is 0 Å². The van der Waals surface area contributed by atoms with Crippen LogP contribution in [0, 0.1) is 12.8 Å². The Morgan fingerprint density at radius 1 is 0.716 bits per heavy atom. The Morgan fingerprint density at radius 3 is 2.06 bits per heavy atom. The van der Waals surface area contributed by atoms with Crippen LogP contribution in [0.15, 0.2) is 91.0 Å². The number of rotatable bonds is 14. The van der Waals surface area contributed by atoms with E-state index in [0.29, 0.717) is 59.7 Å². The van der Waals surface area contributed by atoms with Gasteiger partial charge in [-0.25, -0.2) is 0 Å². The van der Waals surface area contributed by atoms with Crippen LogP contribution in [-0.4, -0.2) is 79.7 Å². The van der Waals surface area contributed by atoms with Crippen molar-refractivity contribution in [2.24, 2.45) is 5.92 Å². The van der Waals surface area contributed by atoms with Crippen molar-refractivity contribution >= 4 is 58.1 Å². The van der Waals surface area contributed by atoms with Gasteiger partial charge in [0.15, 0.2) is 11.5 Å². The second-order valence-electron chi connectivity index (χ2n) is 18.9. The molecule has 1 unspecified atom stereocenters. The van der Waals surface area contributed by atoms with Gasteiger partial charge >= 0.3 is 0 Å². The number of hydrogen-bond acceptors (Lipinski definition) is 10. The average Bonchev–Trinajstić information content (AvgIpc) is 3.92. The van der Waals surface area contributed by atoms with Crippen LogP contribution >= 0.6 is 11.8 Å². The number of anilines is 4. The minimum Gasteiger partial charge on any atom is -0.493 e. The van der Waals surface area contributed by atoms with Crippen molar-refractivity contribution in [3.05, 3.63) is 136 Å². The first-order chi connectivity index (χ1) is 32.4. The number of aryl methyl sites for hydroxylation is 1. The summed E-state index contributed by atoms with van der Waals surface area (Å²) in [5.41, 5.74) is 10.6. The number of ether oxygens (including phenoxy) is 3. The second kappa shape index (κ2) is 18.3. The van der Waals surface area contributed by atoms with Crippen molar-refractivity contribution in [3.63, 3.8) is 0 Å². The van der Waals surface area contributed by atoms with E-state index in [1.54, 1.807) is 13.2 Å². The molecule has 5 aliphatic heterocycles. The van der Waals surface area contributed by atoms with E-state index in [1.165, 1.54) is 27.8 Å². The maximum atomic E-state index is 14.2. The number of hydrogen-bond donors (Lipinski definition) is 1. The lowest BCUT2D eigenvalue weighted by molar-refractivity contribution is -0.138. The van der Waals surface area contributed by atoms with Crippen molar-refractivity contribution in [1.29, 1.82) is 0 Å². The zero-order valence-corrected chi connectivity index (χ0v) is 39.6. The summed E-state index contributed by atoms with van der Waals surface area (Å²) in [5, 5.41) is 3.10. The lowest BCUT2D eigenvalue weighted by Gasteiger charge is -2.25. The van der Waals surface area contributed by atoms with Crippen molar-refractivity contribution in [2.75, 3.05) is 53.8 Å². The van der Waals surface area contributed by atoms with Crippen LogP contribution in [0.4, 0.5) is 22.7 Å². The Hall–Kier alpha value is -6.47. The second-order valence-corrected chi connectivity index (χ2v) is 20.1. The fourth-order valence-corrected chi connectivity index (χ4v) is 11.5. The molecule has 10 rings (SSSR count). The Balaban J connectivity index is 0.898. The number of nitrogens with zero attached hydrogens (tertiary/aromatic N) is 4. The zero-order chi connectivity index (χ0) is 46.5. The number of methoxy groups -OCH3 is 1. The van der Waals surface area contributed by atoms with Gasteiger partial charge in [0.2, 0.25) is 11.8 Å². The number of fused-ring (bicyclic) bond motifs is 8. The van der Waals surface area contributed by atoms with Crippen LogP contribution in [0.1, 0.15) is 87.2 Å². The number of carbonyl (C=O) groups is 4. The van der Waals surface area contributed by atoms with Gasteiger partial charge in [-0.2, -0.15) is 0 Å². The highest BCUT2D eigenvalue weighted by Gasteiger charge is 2.41. The van der Waals surface area contributed by atoms with E-state index in [9.17, 15) is 19.2 Å². The number of amides is 4. The molecule has 4 amide bonds. The molecule has 12 nitrogen and oxygen atoms in total. The van der Waals surface area contributed by atoms with Gasteiger partial charge in [0, 0.05) is 62.4 Å².